The summed E-state index contributed by atoms with van der Waals surface area (Å²) in [5.74, 6) is 1.07. The van der Waals surface area contributed by atoms with Crippen molar-refractivity contribution in [2.45, 2.75) is 6.54 Å². The van der Waals surface area contributed by atoms with Crippen LogP contribution in [0.15, 0.2) is 50.5 Å². The number of benzene rings is 1. The molecule has 1 amide bonds. The Bertz CT molecular complexity index is 1040. The number of methoxy groups -OCH3 is 1. The molecule has 1 aliphatic rings. The molecular formula is C17H12N4O4S. The topological polar surface area (TPSA) is 106 Å². The fourth-order valence-electron chi connectivity index (χ4n) is 2.32. The van der Waals surface area contributed by atoms with Gasteiger partial charge in [-0.25, -0.2) is 4.79 Å². The minimum atomic E-state index is -0.663. The quantitative estimate of drug-likeness (QED) is 0.388. The van der Waals surface area contributed by atoms with Crippen LogP contribution in [0.25, 0.3) is 10.9 Å². The first kappa shape index (κ1) is 17.4. The molecule has 1 aromatic carbocycles. The summed E-state index contributed by atoms with van der Waals surface area (Å²) in [4.78, 5) is 26.8. The van der Waals surface area contributed by atoms with Gasteiger partial charge in [-0.1, -0.05) is 24.1 Å². The number of fused-ring (bicyclic) bond motifs is 1. The van der Waals surface area contributed by atoms with E-state index in [9.17, 15) is 14.7 Å². The molecule has 0 radical (unpaired) electrons. The van der Waals surface area contributed by atoms with Crippen LogP contribution in [0.1, 0.15) is 0 Å². The summed E-state index contributed by atoms with van der Waals surface area (Å²) in [6, 6.07) is 7.18. The molecule has 0 saturated carbocycles. The number of carbonyl (C=O) groups excluding carboxylic acids is 2. The van der Waals surface area contributed by atoms with Gasteiger partial charge in [0.05, 0.1) is 24.1 Å². The number of para-hydroxylation sites is 1. The zero-order chi connectivity index (χ0) is 18.7. The van der Waals surface area contributed by atoms with Crippen molar-refractivity contribution in [1.82, 2.24) is 4.57 Å². The van der Waals surface area contributed by atoms with E-state index < -0.39 is 11.9 Å². The third-order valence-electron chi connectivity index (χ3n) is 3.46. The third-order valence-corrected chi connectivity index (χ3v) is 4.33. The molecule has 1 N–H and O–H groups in total. The van der Waals surface area contributed by atoms with Crippen molar-refractivity contribution in [2.24, 2.45) is 15.2 Å². The Labute approximate surface area is 152 Å². The first-order valence-electron chi connectivity index (χ1n) is 7.31. The Morgan fingerprint density at radius 1 is 1.46 bits per heavy atom. The summed E-state index contributed by atoms with van der Waals surface area (Å²) in [6.07, 6.45) is 6.38. The SMILES string of the molecule is C#CCn1c(O)c(N=NC2=NC(=O)/C(=C\C(=O)OC)S2)c2ccccc21. The van der Waals surface area contributed by atoms with Gasteiger partial charge in [-0.15, -0.1) is 16.7 Å². The molecule has 0 unspecified atom stereocenters. The van der Waals surface area contributed by atoms with Crippen LogP contribution >= 0.6 is 11.8 Å². The molecule has 0 aliphatic carbocycles. The van der Waals surface area contributed by atoms with E-state index in [0.29, 0.717) is 10.9 Å². The molecule has 9 heteroatoms. The molecule has 0 saturated heterocycles. The lowest BCUT2D eigenvalue weighted by atomic mass is 10.2. The number of ether oxygens (including phenoxy) is 1. The van der Waals surface area contributed by atoms with Gasteiger partial charge in [-0.3, -0.25) is 9.36 Å². The summed E-state index contributed by atoms with van der Waals surface area (Å²) >= 11 is 0.890. The predicted octanol–water partition coefficient (Wildman–Crippen LogP) is 2.75. The van der Waals surface area contributed by atoms with Crippen molar-refractivity contribution in [3.05, 3.63) is 35.2 Å². The number of azo groups is 1. The maximum absolute atomic E-state index is 11.8. The number of rotatable bonds is 3. The molecule has 130 valence electrons. The second-order valence-corrected chi connectivity index (χ2v) is 6.02. The van der Waals surface area contributed by atoms with E-state index in [-0.39, 0.29) is 28.2 Å². The van der Waals surface area contributed by atoms with E-state index >= 15 is 0 Å². The molecule has 0 bridgehead atoms. The highest BCUT2D eigenvalue weighted by Crippen LogP contribution is 2.39. The van der Waals surface area contributed by atoms with Gasteiger partial charge in [0.1, 0.15) is 0 Å². The number of aliphatic imine (C=N–C) groups is 1. The van der Waals surface area contributed by atoms with Gasteiger partial charge in [0, 0.05) is 11.5 Å². The van der Waals surface area contributed by atoms with Gasteiger partial charge in [0.15, 0.2) is 5.69 Å². The summed E-state index contributed by atoms with van der Waals surface area (Å²) in [6.45, 7) is 0.169. The van der Waals surface area contributed by atoms with Gasteiger partial charge in [0.25, 0.3) is 5.91 Å². The lowest BCUT2D eigenvalue weighted by molar-refractivity contribution is -0.135. The van der Waals surface area contributed by atoms with Crippen LogP contribution in [0.2, 0.25) is 0 Å². The number of esters is 1. The second-order valence-electron chi connectivity index (χ2n) is 5.01. The number of terminal acetylenes is 1. The Kier molecular flexibility index (Phi) is 4.86. The van der Waals surface area contributed by atoms with Crippen LogP contribution in [-0.4, -0.2) is 33.8 Å². The highest BCUT2D eigenvalue weighted by molar-refractivity contribution is 8.18. The normalized spacial score (nSPS) is 15.6. The summed E-state index contributed by atoms with van der Waals surface area (Å²) in [7, 11) is 1.21. The first-order chi connectivity index (χ1) is 12.5. The maximum Gasteiger partial charge on any atom is 0.331 e. The van der Waals surface area contributed by atoms with Gasteiger partial charge in [-0.05, 0) is 17.8 Å². The minimum Gasteiger partial charge on any atom is -0.493 e. The van der Waals surface area contributed by atoms with E-state index in [0.717, 1.165) is 17.8 Å². The number of aromatic nitrogens is 1. The van der Waals surface area contributed by atoms with E-state index in [4.69, 9.17) is 6.42 Å². The zero-order valence-electron chi connectivity index (χ0n) is 13.5. The molecule has 1 aliphatic heterocycles. The minimum absolute atomic E-state index is 0.0540. The average molecular weight is 368 g/mol. The van der Waals surface area contributed by atoms with Crippen LogP contribution in [0.5, 0.6) is 5.88 Å². The van der Waals surface area contributed by atoms with Gasteiger partial charge >= 0.3 is 5.97 Å². The molecule has 0 fully saturated rings. The summed E-state index contributed by atoms with van der Waals surface area (Å²) in [5, 5.41) is 19.0. The largest absolute Gasteiger partial charge is 0.493 e. The van der Waals surface area contributed by atoms with Crippen molar-refractivity contribution in [3.8, 4) is 18.2 Å². The van der Waals surface area contributed by atoms with Crippen LogP contribution in [0.3, 0.4) is 0 Å². The van der Waals surface area contributed by atoms with Crippen molar-refractivity contribution < 1.29 is 19.4 Å². The van der Waals surface area contributed by atoms with Crippen molar-refractivity contribution >= 4 is 45.4 Å². The summed E-state index contributed by atoms with van der Waals surface area (Å²) < 4.78 is 6.01. The highest BCUT2D eigenvalue weighted by atomic mass is 32.2. The van der Waals surface area contributed by atoms with Crippen LogP contribution in [0.4, 0.5) is 5.69 Å². The lowest BCUT2D eigenvalue weighted by Gasteiger charge is -2.00. The lowest BCUT2D eigenvalue weighted by Crippen LogP contribution is -1.98. The standard InChI is InChI=1S/C17H12N4O4S/c1-3-8-21-11-7-5-4-6-10(11)14(16(21)24)19-20-17-18-15(23)12(26-17)9-13(22)25-2/h1,4-7,9,24H,8H2,2H3/b12-9+,20-19?. The molecule has 3 rings (SSSR count). The smallest absolute Gasteiger partial charge is 0.331 e. The molecule has 8 nitrogen and oxygen atoms in total. The zero-order valence-corrected chi connectivity index (χ0v) is 14.4. The second kappa shape index (κ2) is 7.25. The number of aromatic hydroxyl groups is 1. The van der Waals surface area contributed by atoms with Crippen LogP contribution in [-0.2, 0) is 20.9 Å². The molecule has 1 aromatic heterocycles. The van der Waals surface area contributed by atoms with Gasteiger partial charge in [0.2, 0.25) is 11.0 Å². The number of amidine groups is 1. The first-order valence-corrected chi connectivity index (χ1v) is 8.12. The molecule has 0 atom stereocenters. The van der Waals surface area contributed by atoms with Crippen molar-refractivity contribution in [2.75, 3.05) is 7.11 Å². The highest BCUT2D eigenvalue weighted by Gasteiger charge is 2.24. The summed E-state index contributed by atoms with van der Waals surface area (Å²) in [5.41, 5.74) is 0.928. The number of nitrogens with zero attached hydrogens (tertiary/aromatic N) is 4. The number of hydrogen-bond donors (Lipinski definition) is 1. The number of hydrogen-bond acceptors (Lipinski definition) is 7. The predicted molar refractivity (Wildman–Crippen MR) is 97.1 cm³/mol. The number of carbonyl (C=O) groups is 2. The Morgan fingerprint density at radius 2 is 2.23 bits per heavy atom. The number of thioether (sulfide) groups is 1. The molecule has 0 spiro atoms. The van der Waals surface area contributed by atoms with E-state index in [1.807, 2.05) is 6.07 Å². The van der Waals surface area contributed by atoms with E-state index in [1.165, 1.54) is 11.7 Å². The van der Waals surface area contributed by atoms with E-state index in [2.05, 4.69) is 25.9 Å². The monoisotopic (exact) mass is 368 g/mol. The van der Waals surface area contributed by atoms with Gasteiger partial charge in [-0.2, -0.15) is 4.99 Å². The Morgan fingerprint density at radius 3 is 2.96 bits per heavy atom. The van der Waals surface area contributed by atoms with Crippen molar-refractivity contribution in [1.29, 1.82) is 0 Å². The fraction of sp³-hybridized carbons (Fsp3) is 0.118. The van der Waals surface area contributed by atoms with Gasteiger partial charge < -0.3 is 9.84 Å². The molecule has 2 aromatic rings. The Balaban J connectivity index is 1.93. The average Bonchev–Trinajstić information content (AvgIpc) is 3.11. The fourth-order valence-corrected chi connectivity index (χ4v) is 3.02. The number of amides is 1. The van der Waals surface area contributed by atoms with Crippen LogP contribution < -0.4 is 0 Å². The Hall–Kier alpha value is -3.38. The molecule has 26 heavy (non-hydrogen) atoms. The van der Waals surface area contributed by atoms with Crippen LogP contribution in [0, 0.1) is 12.3 Å². The molecule has 2 heterocycles. The third kappa shape index (κ3) is 3.22. The maximum atomic E-state index is 11.8. The van der Waals surface area contributed by atoms with E-state index in [1.54, 1.807) is 18.2 Å². The molecular weight excluding hydrogens is 356 g/mol. The van der Waals surface area contributed by atoms with Crippen molar-refractivity contribution in [3.63, 3.8) is 0 Å².